The number of aryl methyl sites for hydroxylation is 1. The normalized spacial score (nSPS) is 11.1. The highest BCUT2D eigenvalue weighted by atomic mass is 16.6. The number of benzene rings is 1. The van der Waals surface area contributed by atoms with Crippen molar-refractivity contribution < 1.29 is 14.8 Å². The fourth-order valence-corrected chi connectivity index (χ4v) is 3.59. The average molecular weight is 419 g/mol. The predicted octanol–water partition coefficient (Wildman–Crippen LogP) is 5.93. The molecule has 1 aromatic carbocycles. The van der Waals surface area contributed by atoms with Gasteiger partial charge in [-0.25, -0.2) is 0 Å². The smallest absolute Gasteiger partial charge is 0.297 e. The summed E-state index contributed by atoms with van der Waals surface area (Å²) in [6, 6.07) is 4.18. The number of rotatable bonds is 14. The van der Waals surface area contributed by atoms with E-state index in [2.05, 4.69) is 6.92 Å². The Balaban J connectivity index is 2.23. The van der Waals surface area contributed by atoms with Crippen LogP contribution in [0.4, 0.5) is 5.69 Å². The summed E-state index contributed by atoms with van der Waals surface area (Å²) in [6.45, 7) is 5.00. The van der Waals surface area contributed by atoms with Crippen LogP contribution >= 0.6 is 0 Å². The highest BCUT2D eigenvalue weighted by molar-refractivity contribution is 5.89. The second kappa shape index (κ2) is 12.2. The summed E-state index contributed by atoms with van der Waals surface area (Å²) in [4.78, 5) is 23.7. The van der Waals surface area contributed by atoms with Gasteiger partial charge in [-0.05, 0) is 18.9 Å². The van der Waals surface area contributed by atoms with Gasteiger partial charge in [0, 0.05) is 24.1 Å². The minimum atomic E-state index is -0.493. The van der Waals surface area contributed by atoms with Crippen LogP contribution in [0.15, 0.2) is 23.0 Å². The van der Waals surface area contributed by atoms with Gasteiger partial charge >= 0.3 is 0 Å². The van der Waals surface area contributed by atoms with Crippen molar-refractivity contribution in [2.45, 2.75) is 84.6 Å². The third kappa shape index (κ3) is 6.21. The van der Waals surface area contributed by atoms with Gasteiger partial charge in [-0.15, -0.1) is 0 Å². The van der Waals surface area contributed by atoms with Crippen LogP contribution < -0.4 is 10.3 Å². The summed E-state index contributed by atoms with van der Waals surface area (Å²) in [5.74, 6) is -0.308. The first kappa shape index (κ1) is 23.7. The van der Waals surface area contributed by atoms with Crippen LogP contribution in [-0.2, 0) is 6.54 Å². The molecule has 7 heteroatoms. The molecule has 0 amide bonds. The Morgan fingerprint density at radius 1 is 1.00 bits per heavy atom. The van der Waals surface area contributed by atoms with Gasteiger partial charge in [0.15, 0.2) is 5.75 Å². The Kier molecular flexibility index (Phi) is 9.64. The van der Waals surface area contributed by atoms with Gasteiger partial charge in [0.1, 0.15) is 0 Å². The van der Waals surface area contributed by atoms with Gasteiger partial charge in [-0.2, -0.15) is 0 Å². The number of pyridine rings is 1. The molecule has 2 aromatic rings. The molecule has 1 heterocycles. The summed E-state index contributed by atoms with van der Waals surface area (Å²) in [5.41, 5.74) is -0.164. The molecule has 0 radical (unpaired) electrons. The quantitative estimate of drug-likeness (QED) is 0.233. The number of hydrogen-bond donors (Lipinski definition) is 1. The molecule has 7 nitrogen and oxygen atoms in total. The van der Waals surface area contributed by atoms with Crippen molar-refractivity contribution in [3.05, 3.63) is 38.7 Å². The molecule has 0 aliphatic rings. The van der Waals surface area contributed by atoms with Crippen molar-refractivity contribution in [2.24, 2.45) is 0 Å². The number of non-ortho nitro benzene ring substituents is 1. The molecule has 0 aliphatic carbocycles. The molecule has 0 spiro atoms. The molecule has 0 fully saturated rings. The second-order valence-electron chi connectivity index (χ2n) is 7.77. The first-order chi connectivity index (χ1) is 14.5. The number of nitrogens with zero attached hydrogens (tertiary/aromatic N) is 2. The van der Waals surface area contributed by atoms with Crippen LogP contribution in [0.3, 0.4) is 0 Å². The van der Waals surface area contributed by atoms with E-state index in [1.807, 2.05) is 6.92 Å². The summed E-state index contributed by atoms with van der Waals surface area (Å²) in [7, 11) is 0. The molecule has 0 bridgehead atoms. The Hall–Kier alpha value is -2.57. The molecule has 0 aliphatic heterocycles. The van der Waals surface area contributed by atoms with E-state index in [0.29, 0.717) is 24.1 Å². The Bertz CT molecular complexity index is 891. The SMILES string of the molecule is CCCCCCCCCCn1c(=O)c(OCCCC)c(O)c2ccc([N+](=O)[O-])cc21. The van der Waals surface area contributed by atoms with Crippen LogP contribution in [0.5, 0.6) is 11.5 Å². The largest absolute Gasteiger partial charge is 0.504 e. The molecule has 166 valence electrons. The number of nitro groups is 1. The lowest BCUT2D eigenvalue weighted by molar-refractivity contribution is -0.384. The summed E-state index contributed by atoms with van der Waals surface area (Å²) >= 11 is 0. The fourth-order valence-electron chi connectivity index (χ4n) is 3.59. The lowest BCUT2D eigenvalue weighted by Gasteiger charge is -2.15. The van der Waals surface area contributed by atoms with Crippen LogP contribution in [0.1, 0.15) is 78.1 Å². The third-order valence-corrected chi connectivity index (χ3v) is 5.37. The van der Waals surface area contributed by atoms with Gasteiger partial charge < -0.3 is 14.4 Å². The minimum Gasteiger partial charge on any atom is -0.504 e. The van der Waals surface area contributed by atoms with Gasteiger partial charge in [0.05, 0.1) is 17.0 Å². The van der Waals surface area contributed by atoms with Crippen molar-refractivity contribution in [1.82, 2.24) is 4.57 Å². The van der Waals surface area contributed by atoms with E-state index >= 15 is 0 Å². The number of aromatic nitrogens is 1. The number of nitro benzene ring substituents is 1. The lowest BCUT2D eigenvalue weighted by atomic mass is 10.1. The zero-order valence-electron chi connectivity index (χ0n) is 18.2. The molecular formula is C23H34N2O5. The third-order valence-electron chi connectivity index (χ3n) is 5.37. The molecule has 0 saturated carbocycles. The van der Waals surface area contributed by atoms with Crippen molar-refractivity contribution >= 4 is 16.6 Å². The number of ether oxygens (including phenoxy) is 1. The summed E-state index contributed by atoms with van der Waals surface area (Å²) < 4.78 is 7.11. The summed E-state index contributed by atoms with van der Waals surface area (Å²) in [5, 5.41) is 22.2. The maximum atomic E-state index is 13.0. The minimum absolute atomic E-state index is 0.0654. The zero-order chi connectivity index (χ0) is 21.9. The van der Waals surface area contributed by atoms with Crippen molar-refractivity contribution in [3.8, 4) is 11.5 Å². The molecule has 1 N–H and O–H groups in total. The van der Waals surface area contributed by atoms with E-state index in [-0.39, 0.29) is 17.2 Å². The maximum Gasteiger partial charge on any atom is 0.297 e. The Morgan fingerprint density at radius 2 is 1.63 bits per heavy atom. The van der Waals surface area contributed by atoms with Crippen LogP contribution in [-0.4, -0.2) is 21.2 Å². The standard InChI is InChI=1S/C23H34N2O5/c1-3-5-7-8-9-10-11-12-15-24-20-17-18(25(28)29)13-14-19(20)21(26)22(23(24)27)30-16-6-4-2/h13-14,17,26H,3-12,15-16H2,1-2H3. The van der Waals surface area contributed by atoms with Crippen molar-refractivity contribution in [1.29, 1.82) is 0 Å². The van der Waals surface area contributed by atoms with Crippen LogP contribution in [0.2, 0.25) is 0 Å². The summed E-state index contributed by atoms with van der Waals surface area (Å²) in [6.07, 6.45) is 10.8. The molecular weight excluding hydrogens is 384 g/mol. The predicted molar refractivity (Wildman–Crippen MR) is 120 cm³/mol. The second-order valence-corrected chi connectivity index (χ2v) is 7.77. The zero-order valence-corrected chi connectivity index (χ0v) is 18.2. The van der Waals surface area contributed by atoms with Gasteiger partial charge in [-0.1, -0.05) is 65.2 Å². The van der Waals surface area contributed by atoms with Crippen LogP contribution in [0.25, 0.3) is 10.9 Å². The number of unbranched alkanes of at least 4 members (excludes halogenated alkanes) is 8. The maximum absolute atomic E-state index is 13.0. The van der Waals surface area contributed by atoms with Crippen molar-refractivity contribution in [2.75, 3.05) is 6.61 Å². The van der Waals surface area contributed by atoms with E-state index in [1.165, 1.54) is 54.9 Å². The number of hydrogen-bond acceptors (Lipinski definition) is 5. The molecule has 0 atom stereocenters. The van der Waals surface area contributed by atoms with Crippen molar-refractivity contribution in [3.63, 3.8) is 0 Å². The number of fused-ring (bicyclic) bond motifs is 1. The van der Waals surface area contributed by atoms with E-state index < -0.39 is 10.5 Å². The molecule has 0 unspecified atom stereocenters. The van der Waals surface area contributed by atoms with E-state index in [0.717, 1.165) is 32.1 Å². The monoisotopic (exact) mass is 418 g/mol. The van der Waals surface area contributed by atoms with Gasteiger partial charge in [0.25, 0.3) is 11.2 Å². The molecule has 1 aromatic heterocycles. The van der Waals surface area contributed by atoms with E-state index in [4.69, 9.17) is 4.74 Å². The lowest BCUT2D eigenvalue weighted by Crippen LogP contribution is -2.23. The van der Waals surface area contributed by atoms with Gasteiger partial charge in [0.2, 0.25) is 5.75 Å². The van der Waals surface area contributed by atoms with Gasteiger partial charge in [-0.3, -0.25) is 14.9 Å². The van der Waals surface area contributed by atoms with E-state index in [9.17, 15) is 20.0 Å². The fraction of sp³-hybridized carbons (Fsp3) is 0.609. The Morgan fingerprint density at radius 3 is 2.27 bits per heavy atom. The molecule has 2 rings (SSSR count). The number of aromatic hydroxyl groups is 1. The average Bonchev–Trinajstić information content (AvgIpc) is 2.74. The first-order valence-electron chi connectivity index (χ1n) is 11.2. The highest BCUT2D eigenvalue weighted by Gasteiger charge is 2.20. The Labute approximate surface area is 177 Å². The first-order valence-corrected chi connectivity index (χ1v) is 11.2. The topological polar surface area (TPSA) is 94.6 Å². The highest BCUT2D eigenvalue weighted by Crippen LogP contribution is 2.33. The molecule has 30 heavy (non-hydrogen) atoms. The molecule has 0 saturated heterocycles. The van der Waals surface area contributed by atoms with Crippen LogP contribution in [0, 0.1) is 10.1 Å². The van der Waals surface area contributed by atoms with E-state index in [1.54, 1.807) is 0 Å².